The first kappa shape index (κ1) is 11.9. The average Bonchev–Trinajstić information content (AvgIpc) is 2.86. The third kappa shape index (κ3) is 2.97. The van der Waals surface area contributed by atoms with Crippen LogP contribution in [0.5, 0.6) is 0 Å². The van der Waals surface area contributed by atoms with Gasteiger partial charge in [0.15, 0.2) is 0 Å². The van der Waals surface area contributed by atoms with Crippen LogP contribution >= 0.6 is 0 Å². The van der Waals surface area contributed by atoms with Gasteiger partial charge in [-0.3, -0.25) is 4.68 Å². The van der Waals surface area contributed by atoms with Gasteiger partial charge in [0.25, 0.3) is 0 Å². The molecule has 0 unspecified atom stereocenters. The predicted octanol–water partition coefficient (Wildman–Crippen LogP) is 2.17. The fraction of sp³-hybridized carbons (Fsp3) is 0.462. The molecule has 0 amide bonds. The molecule has 0 aliphatic carbocycles. The van der Waals surface area contributed by atoms with Crippen LogP contribution in [0.1, 0.15) is 29.8 Å². The molecule has 2 rings (SSSR count). The van der Waals surface area contributed by atoms with E-state index in [2.05, 4.69) is 23.4 Å². The Bertz CT molecular complexity index is 485. The van der Waals surface area contributed by atoms with Gasteiger partial charge in [-0.05, 0) is 31.5 Å². The van der Waals surface area contributed by atoms with Crippen molar-refractivity contribution in [1.29, 1.82) is 0 Å². The van der Waals surface area contributed by atoms with Crippen molar-refractivity contribution in [2.45, 2.75) is 33.4 Å². The van der Waals surface area contributed by atoms with Gasteiger partial charge in [0.05, 0.1) is 17.9 Å². The van der Waals surface area contributed by atoms with E-state index in [-0.39, 0.29) is 0 Å². The van der Waals surface area contributed by atoms with Gasteiger partial charge in [-0.15, -0.1) is 0 Å². The summed E-state index contributed by atoms with van der Waals surface area (Å²) in [6.07, 6.45) is 0.977. The van der Waals surface area contributed by atoms with E-state index in [1.807, 2.05) is 30.8 Å². The second-order valence-electron chi connectivity index (χ2n) is 4.22. The zero-order valence-electron chi connectivity index (χ0n) is 10.7. The maximum atomic E-state index is 5.49. The Morgan fingerprint density at radius 2 is 2.18 bits per heavy atom. The van der Waals surface area contributed by atoms with E-state index >= 15 is 0 Å². The first-order chi connectivity index (χ1) is 8.19. The summed E-state index contributed by atoms with van der Waals surface area (Å²) in [4.78, 5) is 0. The summed E-state index contributed by atoms with van der Waals surface area (Å²) in [6.45, 7) is 5.63. The molecular weight excluding hydrogens is 214 g/mol. The molecule has 0 radical (unpaired) electrons. The van der Waals surface area contributed by atoms with Crippen LogP contribution in [-0.4, -0.2) is 9.78 Å². The molecule has 0 atom stereocenters. The first-order valence-electron chi connectivity index (χ1n) is 5.97. The lowest BCUT2D eigenvalue weighted by atomic mass is 10.3. The molecule has 0 spiro atoms. The number of aryl methyl sites for hydroxylation is 3. The first-order valence-corrected chi connectivity index (χ1v) is 5.97. The second kappa shape index (κ2) is 5.19. The van der Waals surface area contributed by atoms with Gasteiger partial charge >= 0.3 is 0 Å². The second-order valence-corrected chi connectivity index (χ2v) is 4.22. The smallest absolute Gasteiger partial charge is 0.117 e. The van der Waals surface area contributed by atoms with Crippen LogP contribution in [0.4, 0.5) is 0 Å². The van der Waals surface area contributed by atoms with Crippen LogP contribution in [0.25, 0.3) is 0 Å². The van der Waals surface area contributed by atoms with E-state index in [4.69, 9.17) is 4.42 Å². The van der Waals surface area contributed by atoms with Gasteiger partial charge in [-0.2, -0.15) is 5.10 Å². The molecular formula is C13H19N3O. The summed E-state index contributed by atoms with van der Waals surface area (Å²) in [6, 6.07) is 6.12. The molecule has 4 heteroatoms. The largest absolute Gasteiger partial charge is 0.465 e. The lowest BCUT2D eigenvalue weighted by molar-refractivity contribution is 0.459. The van der Waals surface area contributed by atoms with Gasteiger partial charge in [0, 0.05) is 13.6 Å². The van der Waals surface area contributed by atoms with E-state index in [1.165, 1.54) is 5.69 Å². The Morgan fingerprint density at radius 1 is 1.35 bits per heavy atom. The molecule has 0 bridgehead atoms. The average molecular weight is 233 g/mol. The highest BCUT2D eigenvalue weighted by molar-refractivity contribution is 5.10. The van der Waals surface area contributed by atoms with Crippen molar-refractivity contribution in [1.82, 2.24) is 15.1 Å². The number of hydrogen-bond donors (Lipinski definition) is 1. The van der Waals surface area contributed by atoms with Crippen LogP contribution in [0.3, 0.4) is 0 Å². The van der Waals surface area contributed by atoms with Crippen molar-refractivity contribution >= 4 is 0 Å². The Morgan fingerprint density at radius 3 is 2.76 bits per heavy atom. The summed E-state index contributed by atoms with van der Waals surface area (Å²) < 4.78 is 7.42. The fourth-order valence-electron chi connectivity index (χ4n) is 1.80. The summed E-state index contributed by atoms with van der Waals surface area (Å²) in [5.41, 5.74) is 2.34. The highest BCUT2D eigenvalue weighted by Crippen LogP contribution is 2.07. The number of aromatic nitrogens is 2. The third-order valence-electron chi connectivity index (χ3n) is 2.79. The van der Waals surface area contributed by atoms with E-state index in [0.717, 1.165) is 36.7 Å². The van der Waals surface area contributed by atoms with E-state index in [0.29, 0.717) is 0 Å². The quantitative estimate of drug-likeness (QED) is 0.860. The minimum atomic E-state index is 0.750. The van der Waals surface area contributed by atoms with E-state index in [9.17, 15) is 0 Å². The molecule has 2 heterocycles. The SMILES string of the molecule is CCc1cc(CNCc2ccc(C)o2)n(C)n1. The molecule has 2 aromatic rings. The summed E-state index contributed by atoms with van der Waals surface area (Å²) in [7, 11) is 1.98. The number of nitrogens with zero attached hydrogens (tertiary/aromatic N) is 2. The van der Waals surface area contributed by atoms with Crippen molar-refractivity contribution in [2.75, 3.05) is 0 Å². The Kier molecular flexibility index (Phi) is 3.64. The molecule has 92 valence electrons. The standard InChI is InChI=1S/C13H19N3O/c1-4-11-7-12(16(3)15-11)8-14-9-13-6-5-10(2)17-13/h5-7,14H,4,8-9H2,1-3H3. The van der Waals surface area contributed by atoms with Crippen molar-refractivity contribution in [3.8, 4) is 0 Å². The highest BCUT2D eigenvalue weighted by atomic mass is 16.3. The zero-order valence-corrected chi connectivity index (χ0v) is 10.7. The highest BCUT2D eigenvalue weighted by Gasteiger charge is 2.04. The van der Waals surface area contributed by atoms with Gasteiger partial charge in [0.2, 0.25) is 0 Å². The van der Waals surface area contributed by atoms with Crippen molar-refractivity contribution in [3.63, 3.8) is 0 Å². The molecule has 0 aromatic carbocycles. The number of furan rings is 1. The number of rotatable bonds is 5. The zero-order chi connectivity index (χ0) is 12.3. The molecule has 0 saturated carbocycles. The molecule has 0 fully saturated rings. The molecule has 0 aliphatic heterocycles. The molecule has 1 N–H and O–H groups in total. The molecule has 2 aromatic heterocycles. The van der Waals surface area contributed by atoms with Crippen LogP contribution in [0, 0.1) is 6.92 Å². The van der Waals surface area contributed by atoms with Gasteiger partial charge in [-0.25, -0.2) is 0 Å². The van der Waals surface area contributed by atoms with Crippen molar-refractivity contribution in [3.05, 3.63) is 41.1 Å². The predicted molar refractivity (Wildman–Crippen MR) is 66.6 cm³/mol. The van der Waals surface area contributed by atoms with E-state index in [1.54, 1.807) is 0 Å². The van der Waals surface area contributed by atoms with Gasteiger partial charge in [0.1, 0.15) is 11.5 Å². The minimum Gasteiger partial charge on any atom is -0.465 e. The molecule has 0 saturated heterocycles. The Balaban J connectivity index is 1.87. The number of hydrogen-bond acceptors (Lipinski definition) is 3. The molecule has 17 heavy (non-hydrogen) atoms. The molecule has 0 aliphatic rings. The lowest BCUT2D eigenvalue weighted by Gasteiger charge is -2.02. The maximum Gasteiger partial charge on any atom is 0.117 e. The lowest BCUT2D eigenvalue weighted by Crippen LogP contribution is -2.14. The third-order valence-corrected chi connectivity index (χ3v) is 2.79. The van der Waals surface area contributed by atoms with Crippen molar-refractivity contribution < 1.29 is 4.42 Å². The van der Waals surface area contributed by atoms with Gasteiger partial charge in [-0.1, -0.05) is 6.92 Å². The maximum absolute atomic E-state index is 5.49. The summed E-state index contributed by atoms with van der Waals surface area (Å²) >= 11 is 0. The normalized spacial score (nSPS) is 11.0. The number of nitrogens with one attached hydrogen (secondary N) is 1. The van der Waals surface area contributed by atoms with E-state index < -0.39 is 0 Å². The topological polar surface area (TPSA) is 43.0 Å². The summed E-state index contributed by atoms with van der Waals surface area (Å²) in [5, 5.41) is 7.77. The van der Waals surface area contributed by atoms with Gasteiger partial charge < -0.3 is 9.73 Å². The van der Waals surface area contributed by atoms with Crippen LogP contribution in [0.15, 0.2) is 22.6 Å². The monoisotopic (exact) mass is 233 g/mol. The van der Waals surface area contributed by atoms with Crippen LogP contribution in [0.2, 0.25) is 0 Å². The fourth-order valence-corrected chi connectivity index (χ4v) is 1.80. The van der Waals surface area contributed by atoms with Crippen molar-refractivity contribution in [2.24, 2.45) is 7.05 Å². The molecule has 4 nitrogen and oxygen atoms in total. The Labute approximate surface area is 102 Å². The summed E-state index contributed by atoms with van der Waals surface area (Å²) in [5.74, 6) is 1.93. The Hall–Kier alpha value is -1.55. The van der Waals surface area contributed by atoms with Crippen LogP contribution in [-0.2, 0) is 26.6 Å². The minimum absolute atomic E-state index is 0.750. The van der Waals surface area contributed by atoms with Crippen LogP contribution < -0.4 is 5.32 Å².